The Morgan fingerprint density at radius 2 is 1.48 bits per heavy atom. The zero-order chi connectivity index (χ0) is 22.1. The number of benzene rings is 4. The maximum Gasteiger partial charge on any atom is 0.328 e. The highest BCUT2D eigenvalue weighted by Crippen LogP contribution is 2.45. The van der Waals surface area contributed by atoms with Crippen LogP contribution in [0.1, 0.15) is 19.4 Å². The van der Waals surface area contributed by atoms with Crippen molar-refractivity contribution in [2.75, 3.05) is 0 Å². The van der Waals surface area contributed by atoms with Crippen LogP contribution in [0.4, 0.5) is 0 Å². The molecule has 0 aliphatic heterocycles. The minimum Gasteiger partial charge on any atom is -0.507 e. The quantitative estimate of drug-likeness (QED) is 0.372. The number of hydrogen-bond acceptors (Lipinski definition) is 4. The highest BCUT2D eigenvalue weighted by Gasteiger charge is 2.21. The van der Waals surface area contributed by atoms with Crippen LogP contribution in [0.25, 0.3) is 32.7 Å². The lowest BCUT2D eigenvalue weighted by Gasteiger charge is -2.16. The Bertz CT molecular complexity index is 1320. The van der Waals surface area contributed by atoms with Crippen molar-refractivity contribution in [1.29, 1.82) is 0 Å². The van der Waals surface area contributed by atoms with Crippen molar-refractivity contribution >= 4 is 33.7 Å². The normalized spacial score (nSPS) is 12.7. The number of hydrogen-bond donors (Lipinski definition) is 3. The predicted octanol–water partition coefficient (Wildman–Crippen LogP) is 5.60. The van der Waals surface area contributed by atoms with Crippen molar-refractivity contribution in [2.24, 2.45) is 10.9 Å². The number of aromatic hydroxyl groups is 2. The van der Waals surface area contributed by atoms with Crippen LogP contribution in [0.15, 0.2) is 71.7 Å². The molecule has 156 valence electrons. The molecule has 0 spiro atoms. The average Bonchev–Trinajstić information content (AvgIpc) is 2.74. The van der Waals surface area contributed by atoms with Crippen molar-refractivity contribution in [2.45, 2.75) is 19.9 Å². The summed E-state index contributed by atoms with van der Waals surface area (Å²) in [5.41, 5.74) is 1.42. The number of carboxylic acids is 1. The molecule has 0 fully saturated rings. The summed E-state index contributed by atoms with van der Waals surface area (Å²) in [5.74, 6) is -1.21. The smallest absolute Gasteiger partial charge is 0.328 e. The van der Waals surface area contributed by atoms with Gasteiger partial charge < -0.3 is 15.3 Å². The Kier molecular flexibility index (Phi) is 5.34. The van der Waals surface area contributed by atoms with E-state index in [1.54, 1.807) is 26.0 Å². The van der Waals surface area contributed by atoms with Gasteiger partial charge in [0.1, 0.15) is 17.5 Å². The van der Waals surface area contributed by atoms with Crippen molar-refractivity contribution in [1.82, 2.24) is 0 Å². The second-order valence-corrected chi connectivity index (χ2v) is 7.90. The molecule has 1 atom stereocenters. The van der Waals surface area contributed by atoms with Gasteiger partial charge in [-0.1, -0.05) is 68.4 Å². The van der Waals surface area contributed by atoms with Crippen LogP contribution < -0.4 is 0 Å². The second kappa shape index (κ2) is 8.11. The van der Waals surface area contributed by atoms with Crippen molar-refractivity contribution < 1.29 is 20.1 Å². The molecule has 4 aromatic carbocycles. The summed E-state index contributed by atoms with van der Waals surface area (Å²) in [4.78, 5) is 15.8. The summed E-state index contributed by atoms with van der Waals surface area (Å²) < 4.78 is 0. The van der Waals surface area contributed by atoms with E-state index in [1.807, 2.05) is 54.6 Å². The van der Waals surface area contributed by atoms with Crippen LogP contribution in [0.5, 0.6) is 11.5 Å². The third kappa shape index (κ3) is 3.70. The molecule has 4 rings (SSSR count). The predicted molar refractivity (Wildman–Crippen MR) is 124 cm³/mol. The topological polar surface area (TPSA) is 90.1 Å². The maximum absolute atomic E-state index is 11.5. The molecule has 0 aliphatic rings. The number of carboxylic acid groups (broad SMARTS) is 1. The summed E-state index contributed by atoms with van der Waals surface area (Å²) in [5, 5.41) is 34.9. The zero-order valence-electron chi connectivity index (χ0n) is 17.3. The van der Waals surface area contributed by atoms with Gasteiger partial charge in [0.15, 0.2) is 0 Å². The zero-order valence-corrected chi connectivity index (χ0v) is 17.3. The molecule has 0 heterocycles. The summed E-state index contributed by atoms with van der Waals surface area (Å²) >= 11 is 0. The molecule has 0 unspecified atom stereocenters. The maximum atomic E-state index is 11.5. The first-order valence-corrected chi connectivity index (χ1v) is 10.1. The molecule has 31 heavy (non-hydrogen) atoms. The van der Waals surface area contributed by atoms with Crippen LogP contribution in [0.3, 0.4) is 0 Å². The molecule has 4 aromatic rings. The Labute approximate surface area is 179 Å². The molecule has 0 aromatic heterocycles. The first kappa shape index (κ1) is 20.4. The second-order valence-electron chi connectivity index (χ2n) is 7.90. The largest absolute Gasteiger partial charge is 0.507 e. The fraction of sp³-hybridized carbons (Fsp3) is 0.154. The van der Waals surface area contributed by atoms with E-state index in [1.165, 1.54) is 6.21 Å². The molecule has 0 saturated heterocycles. The van der Waals surface area contributed by atoms with Gasteiger partial charge in [0.25, 0.3) is 0 Å². The lowest BCUT2D eigenvalue weighted by Crippen LogP contribution is -2.24. The Hall–Kier alpha value is -3.86. The lowest BCUT2D eigenvalue weighted by molar-refractivity contribution is -0.139. The highest BCUT2D eigenvalue weighted by molar-refractivity contribution is 6.12. The van der Waals surface area contributed by atoms with E-state index in [4.69, 9.17) is 0 Å². The van der Waals surface area contributed by atoms with Gasteiger partial charge >= 0.3 is 5.97 Å². The van der Waals surface area contributed by atoms with E-state index in [9.17, 15) is 20.1 Å². The van der Waals surface area contributed by atoms with E-state index >= 15 is 0 Å². The van der Waals surface area contributed by atoms with Crippen molar-refractivity contribution in [3.63, 3.8) is 0 Å². The monoisotopic (exact) mass is 413 g/mol. The fourth-order valence-electron chi connectivity index (χ4n) is 3.91. The van der Waals surface area contributed by atoms with Crippen LogP contribution in [0.2, 0.25) is 0 Å². The average molecular weight is 413 g/mol. The molecule has 0 radical (unpaired) electrons. The van der Waals surface area contributed by atoms with Crippen LogP contribution in [-0.4, -0.2) is 33.5 Å². The van der Waals surface area contributed by atoms with Gasteiger partial charge in [0.05, 0.1) is 0 Å². The Balaban J connectivity index is 2.02. The fourth-order valence-corrected chi connectivity index (χ4v) is 3.91. The van der Waals surface area contributed by atoms with Gasteiger partial charge in [-0.05, 0) is 39.6 Å². The molecule has 0 bridgehead atoms. The van der Waals surface area contributed by atoms with Gasteiger partial charge in [-0.2, -0.15) is 0 Å². The number of carbonyl (C=O) groups is 1. The van der Waals surface area contributed by atoms with Crippen LogP contribution in [0, 0.1) is 5.92 Å². The highest BCUT2D eigenvalue weighted by atomic mass is 16.4. The molecular formula is C26H23NO4. The van der Waals surface area contributed by atoms with E-state index in [-0.39, 0.29) is 17.4 Å². The number of phenols is 2. The third-order valence-electron chi connectivity index (χ3n) is 5.47. The van der Waals surface area contributed by atoms with Gasteiger partial charge in [0.2, 0.25) is 0 Å². The Morgan fingerprint density at radius 3 is 2.13 bits per heavy atom. The van der Waals surface area contributed by atoms with Crippen molar-refractivity contribution in [3.8, 4) is 22.6 Å². The number of aliphatic carboxylic acids is 1. The number of nitrogens with zero attached hydrogens (tertiary/aromatic N) is 1. The minimum absolute atomic E-state index is 0.0537. The van der Waals surface area contributed by atoms with Gasteiger partial charge in [-0.3, -0.25) is 4.99 Å². The molecule has 0 aliphatic carbocycles. The summed E-state index contributed by atoms with van der Waals surface area (Å²) in [6.45, 7) is 3.58. The summed E-state index contributed by atoms with van der Waals surface area (Å²) in [7, 11) is 0. The summed E-state index contributed by atoms with van der Waals surface area (Å²) in [6.07, 6.45) is 1.41. The van der Waals surface area contributed by atoms with E-state index in [0.29, 0.717) is 16.7 Å². The first-order chi connectivity index (χ1) is 14.9. The Morgan fingerprint density at radius 1 is 0.871 bits per heavy atom. The number of rotatable bonds is 5. The van der Waals surface area contributed by atoms with E-state index in [2.05, 4.69) is 4.99 Å². The number of fused-ring (bicyclic) bond motifs is 2. The number of phenolic OH excluding ortho intramolecular Hbond substituents is 2. The molecule has 5 nitrogen and oxygen atoms in total. The standard InChI is InChI=1S/C26H23NO4/c1-15(2)24(26(30)31)27-14-18-13-17-8-4-6-10-20(17)23(25(18)29)22-19-9-5-3-7-16(19)11-12-21(22)28/h3-15,24,28-29H,1-2H3,(H,30,31)/t24-/m1/s1. The van der Waals surface area contributed by atoms with Gasteiger partial charge in [-0.25, -0.2) is 4.79 Å². The molecule has 0 amide bonds. The van der Waals surface area contributed by atoms with E-state index in [0.717, 1.165) is 21.5 Å². The van der Waals surface area contributed by atoms with Crippen LogP contribution >= 0.6 is 0 Å². The minimum atomic E-state index is -1.02. The summed E-state index contributed by atoms with van der Waals surface area (Å²) in [6, 6.07) is 19.5. The molecule has 3 N–H and O–H groups in total. The first-order valence-electron chi connectivity index (χ1n) is 10.1. The van der Waals surface area contributed by atoms with Crippen molar-refractivity contribution in [3.05, 3.63) is 72.3 Å². The molecule has 5 heteroatoms. The number of aliphatic imine (C=N–C) groups is 1. The van der Waals surface area contributed by atoms with Gasteiger partial charge in [-0.15, -0.1) is 0 Å². The molecular weight excluding hydrogens is 390 g/mol. The van der Waals surface area contributed by atoms with E-state index < -0.39 is 12.0 Å². The lowest BCUT2D eigenvalue weighted by atomic mass is 9.90. The third-order valence-corrected chi connectivity index (χ3v) is 5.47. The molecule has 0 saturated carbocycles. The van der Waals surface area contributed by atoms with Gasteiger partial charge in [0, 0.05) is 22.9 Å². The SMILES string of the molecule is CC(C)[C@@H](N=Cc1cc2ccccc2c(-c2c(O)ccc3ccccc23)c1O)C(=O)O. The van der Waals surface area contributed by atoms with Crippen LogP contribution in [-0.2, 0) is 4.79 Å².